The van der Waals surface area contributed by atoms with Crippen molar-refractivity contribution in [3.8, 4) is 0 Å². The highest BCUT2D eigenvalue weighted by Gasteiger charge is 2.30. The zero-order valence-electron chi connectivity index (χ0n) is 16.5. The SMILES string of the molecule is CNC(=O)c1cnc(C2CCN(C(=O)Cn3c(=O)oc4cc(Cl)ccc43)C2)nc1C. The summed E-state index contributed by atoms with van der Waals surface area (Å²) < 4.78 is 6.49. The molecule has 1 saturated heterocycles. The van der Waals surface area contributed by atoms with Gasteiger partial charge in [0.25, 0.3) is 5.91 Å². The maximum Gasteiger partial charge on any atom is 0.420 e. The fourth-order valence-corrected chi connectivity index (χ4v) is 3.82. The van der Waals surface area contributed by atoms with Gasteiger partial charge in [-0.2, -0.15) is 0 Å². The number of oxazole rings is 1. The number of benzene rings is 1. The lowest BCUT2D eigenvalue weighted by Gasteiger charge is -2.16. The van der Waals surface area contributed by atoms with Gasteiger partial charge in [0.15, 0.2) is 5.58 Å². The predicted molar refractivity (Wildman–Crippen MR) is 110 cm³/mol. The number of nitrogens with one attached hydrogen (secondary N) is 1. The molecule has 0 aliphatic carbocycles. The van der Waals surface area contributed by atoms with Gasteiger partial charge in [-0.1, -0.05) is 11.6 Å². The molecule has 1 fully saturated rings. The number of carbonyl (C=O) groups is 2. The summed E-state index contributed by atoms with van der Waals surface area (Å²) in [5, 5.41) is 3.01. The number of rotatable bonds is 4. The Morgan fingerprint density at radius 1 is 1.37 bits per heavy atom. The first-order chi connectivity index (χ1) is 14.4. The minimum Gasteiger partial charge on any atom is -0.408 e. The van der Waals surface area contributed by atoms with Crippen LogP contribution in [-0.4, -0.2) is 51.4 Å². The van der Waals surface area contributed by atoms with Gasteiger partial charge in [-0.3, -0.25) is 14.2 Å². The van der Waals surface area contributed by atoms with Crippen molar-refractivity contribution in [3.63, 3.8) is 0 Å². The van der Waals surface area contributed by atoms with Crippen LogP contribution in [0.5, 0.6) is 0 Å². The molecule has 1 atom stereocenters. The molecular weight excluding hydrogens is 410 g/mol. The van der Waals surface area contributed by atoms with Crippen LogP contribution in [0.4, 0.5) is 0 Å². The van der Waals surface area contributed by atoms with Crippen molar-refractivity contribution in [3.05, 3.63) is 57.1 Å². The molecule has 0 radical (unpaired) electrons. The highest BCUT2D eigenvalue weighted by Crippen LogP contribution is 2.26. The Balaban J connectivity index is 1.48. The number of amides is 2. The molecule has 3 heterocycles. The minimum absolute atomic E-state index is 0.0250. The topological polar surface area (TPSA) is 110 Å². The number of hydrogen-bond donors (Lipinski definition) is 1. The van der Waals surface area contributed by atoms with Gasteiger partial charge in [0.05, 0.1) is 16.8 Å². The van der Waals surface area contributed by atoms with Crippen molar-refractivity contribution < 1.29 is 14.0 Å². The lowest BCUT2D eigenvalue weighted by molar-refractivity contribution is -0.130. The van der Waals surface area contributed by atoms with Gasteiger partial charge < -0.3 is 14.6 Å². The van der Waals surface area contributed by atoms with Crippen LogP contribution in [0.1, 0.15) is 34.2 Å². The summed E-state index contributed by atoms with van der Waals surface area (Å²) in [6.07, 6.45) is 2.23. The normalized spacial score (nSPS) is 16.2. The first-order valence-corrected chi connectivity index (χ1v) is 9.87. The third kappa shape index (κ3) is 3.68. The number of aromatic nitrogens is 3. The van der Waals surface area contributed by atoms with Crippen LogP contribution < -0.4 is 11.1 Å². The molecule has 3 aromatic rings. The van der Waals surface area contributed by atoms with Crippen molar-refractivity contribution in [1.29, 1.82) is 0 Å². The molecule has 30 heavy (non-hydrogen) atoms. The van der Waals surface area contributed by atoms with Gasteiger partial charge in [0.1, 0.15) is 12.4 Å². The number of nitrogens with zero attached hydrogens (tertiary/aromatic N) is 4. The molecule has 1 aliphatic rings. The zero-order valence-corrected chi connectivity index (χ0v) is 17.3. The first-order valence-electron chi connectivity index (χ1n) is 9.49. The fraction of sp³-hybridized carbons (Fsp3) is 0.350. The molecule has 4 rings (SSSR count). The average molecular weight is 430 g/mol. The molecule has 10 heteroatoms. The van der Waals surface area contributed by atoms with Crippen LogP contribution in [0, 0.1) is 6.92 Å². The number of likely N-dealkylation sites (tertiary alicyclic amines) is 1. The zero-order chi connectivity index (χ0) is 21.4. The molecule has 1 aliphatic heterocycles. The van der Waals surface area contributed by atoms with Crippen molar-refractivity contribution in [2.24, 2.45) is 0 Å². The summed E-state index contributed by atoms with van der Waals surface area (Å²) >= 11 is 5.93. The van der Waals surface area contributed by atoms with Gasteiger partial charge in [0.2, 0.25) is 5.91 Å². The molecule has 0 spiro atoms. The number of fused-ring (bicyclic) bond motifs is 1. The number of carbonyl (C=O) groups excluding carboxylic acids is 2. The van der Waals surface area contributed by atoms with Gasteiger partial charge in [-0.05, 0) is 25.5 Å². The van der Waals surface area contributed by atoms with E-state index in [4.69, 9.17) is 16.0 Å². The molecule has 0 saturated carbocycles. The van der Waals surface area contributed by atoms with E-state index in [0.717, 1.165) is 0 Å². The number of hydrogen-bond acceptors (Lipinski definition) is 6. The molecule has 2 aromatic heterocycles. The molecule has 1 N–H and O–H groups in total. The van der Waals surface area contributed by atoms with Crippen molar-refractivity contribution in [2.75, 3.05) is 20.1 Å². The largest absolute Gasteiger partial charge is 0.420 e. The summed E-state index contributed by atoms with van der Waals surface area (Å²) in [4.78, 5) is 47.3. The second kappa shape index (κ2) is 7.91. The van der Waals surface area contributed by atoms with E-state index >= 15 is 0 Å². The molecule has 156 valence electrons. The van der Waals surface area contributed by atoms with Crippen LogP contribution in [-0.2, 0) is 11.3 Å². The summed E-state index contributed by atoms with van der Waals surface area (Å²) in [7, 11) is 1.55. The highest BCUT2D eigenvalue weighted by atomic mass is 35.5. The van der Waals surface area contributed by atoms with Crippen LogP contribution >= 0.6 is 11.6 Å². The van der Waals surface area contributed by atoms with Crippen molar-refractivity contribution in [2.45, 2.75) is 25.8 Å². The van der Waals surface area contributed by atoms with E-state index in [2.05, 4.69) is 15.3 Å². The van der Waals surface area contributed by atoms with Crippen molar-refractivity contribution in [1.82, 2.24) is 24.8 Å². The standard InChI is InChI=1S/C20H20ClN5O4/c1-11-14(19(28)22-2)8-23-18(24-11)12-5-6-25(9-12)17(27)10-26-15-4-3-13(21)7-16(15)30-20(26)29/h3-4,7-8,12H,5-6,9-10H2,1-2H3,(H,22,28). The second-order valence-corrected chi connectivity index (χ2v) is 7.63. The predicted octanol–water partition coefficient (Wildman–Crippen LogP) is 1.72. The molecular formula is C20H20ClN5O4. The van der Waals surface area contributed by atoms with E-state index in [9.17, 15) is 14.4 Å². The lowest BCUT2D eigenvalue weighted by Crippen LogP contribution is -2.34. The summed E-state index contributed by atoms with van der Waals surface area (Å²) in [5.74, 6) is -0.434. The van der Waals surface area contributed by atoms with Crippen molar-refractivity contribution >= 4 is 34.5 Å². The maximum absolute atomic E-state index is 12.8. The Bertz CT molecular complexity index is 1200. The van der Waals surface area contributed by atoms with Crippen LogP contribution in [0.2, 0.25) is 5.02 Å². The molecule has 2 amide bonds. The van der Waals surface area contributed by atoms with Crippen LogP contribution in [0.3, 0.4) is 0 Å². The van der Waals surface area contributed by atoms with Gasteiger partial charge in [-0.25, -0.2) is 14.8 Å². The van der Waals surface area contributed by atoms with E-state index in [0.29, 0.717) is 52.7 Å². The van der Waals surface area contributed by atoms with Crippen LogP contribution in [0.25, 0.3) is 11.1 Å². The molecule has 1 unspecified atom stereocenters. The lowest BCUT2D eigenvalue weighted by atomic mass is 10.1. The average Bonchev–Trinajstić information content (AvgIpc) is 3.32. The first kappa shape index (κ1) is 20.1. The van der Waals surface area contributed by atoms with Gasteiger partial charge in [-0.15, -0.1) is 0 Å². The third-order valence-electron chi connectivity index (χ3n) is 5.30. The van der Waals surface area contributed by atoms with E-state index < -0.39 is 5.76 Å². The summed E-state index contributed by atoms with van der Waals surface area (Å²) in [6, 6.07) is 4.86. The maximum atomic E-state index is 12.8. The highest BCUT2D eigenvalue weighted by molar-refractivity contribution is 6.31. The summed E-state index contributed by atoms with van der Waals surface area (Å²) in [6.45, 7) is 2.64. The third-order valence-corrected chi connectivity index (χ3v) is 5.53. The molecule has 1 aromatic carbocycles. The molecule has 9 nitrogen and oxygen atoms in total. The van der Waals surface area contributed by atoms with E-state index in [1.165, 1.54) is 10.8 Å². The second-order valence-electron chi connectivity index (χ2n) is 7.20. The van der Waals surface area contributed by atoms with Crippen LogP contribution in [0.15, 0.2) is 33.6 Å². The Kier molecular flexibility index (Phi) is 5.29. The quantitative estimate of drug-likeness (QED) is 0.676. The van der Waals surface area contributed by atoms with Gasteiger partial charge >= 0.3 is 5.76 Å². The van der Waals surface area contributed by atoms with E-state index in [1.807, 2.05) is 0 Å². The Morgan fingerprint density at radius 3 is 2.90 bits per heavy atom. The van der Waals surface area contributed by atoms with E-state index in [-0.39, 0.29) is 24.3 Å². The monoisotopic (exact) mass is 429 g/mol. The van der Waals surface area contributed by atoms with Gasteiger partial charge in [0, 0.05) is 43.3 Å². The minimum atomic E-state index is -0.597. The molecule has 0 bridgehead atoms. The number of halogens is 1. The number of aryl methyl sites for hydroxylation is 1. The fourth-order valence-electron chi connectivity index (χ4n) is 3.66. The Hall–Kier alpha value is -3.20. The van der Waals surface area contributed by atoms with E-state index in [1.54, 1.807) is 37.1 Å². The smallest absolute Gasteiger partial charge is 0.408 e. The summed E-state index contributed by atoms with van der Waals surface area (Å²) in [5.41, 5.74) is 1.90. The Labute approximate surface area is 176 Å². The Morgan fingerprint density at radius 2 is 2.17 bits per heavy atom.